The summed E-state index contributed by atoms with van der Waals surface area (Å²) in [6, 6.07) is 7.37. The van der Waals surface area contributed by atoms with Crippen LogP contribution in [0, 0.1) is 0 Å². The van der Waals surface area contributed by atoms with Crippen LogP contribution in [0.2, 0.25) is 5.02 Å². The molecule has 92 valence electrons. The first-order valence-corrected chi connectivity index (χ1v) is 6.87. The monoisotopic (exact) mass is 278 g/mol. The van der Waals surface area contributed by atoms with Crippen molar-refractivity contribution in [2.75, 3.05) is 10.6 Å². The Hall–Kier alpha value is -1.52. The number of amides is 1. The fraction of sp³-hybridized carbons (Fsp3) is 0.154. The summed E-state index contributed by atoms with van der Waals surface area (Å²) in [6.45, 7) is 2.08. The van der Waals surface area contributed by atoms with Crippen LogP contribution < -0.4 is 10.6 Å². The minimum absolute atomic E-state index is 0.0885. The summed E-state index contributed by atoms with van der Waals surface area (Å²) in [5.41, 5.74) is 2.29. The minimum Gasteiger partial charge on any atom is -0.345 e. The number of thiophene rings is 1. The third kappa shape index (κ3) is 1.87. The lowest BCUT2D eigenvalue weighted by Gasteiger charge is -2.07. The zero-order chi connectivity index (χ0) is 12.7. The lowest BCUT2D eigenvalue weighted by Crippen LogP contribution is -2.09. The number of hydrogen-bond acceptors (Lipinski definition) is 3. The summed E-state index contributed by atoms with van der Waals surface area (Å²) in [5.74, 6) is -0.0885. The number of fused-ring (bicyclic) bond motifs is 2. The van der Waals surface area contributed by atoms with Crippen molar-refractivity contribution in [2.45, 2.75) is 13.3 Å². The number of carbonyl (C=O) groups is 1. The first kappa shape index (κ1) is 11.6. The second-order valence-electron chi connectivity index (χ2n) is 4.08. The largest absolute Gasteiger partial charge is 0.345 e. The molecule has 1 aromatic carbocycles. The highest BCUT2D eigenvalue weighted by Gasteiger charge is 2.21. The van der Waals surface area contributed by atoms with Crippen LogP contribution in [0.25, 0.3) is 0 Å². The highest BCUT2D eigenvalue weighted by molar-refractivity contribution is 7.16. The van der Waals surface area contributed by atoms with Gasteiger partial charge in [-0.2, -0.15) is 0 Å². The SMILES string of the molecule is CCc1cc2c(s1)Nc1ccc(Cl)cc1NC2=O. The molecule has 0 saturated carbocycles. The molecule has 0 radical (unpaired) electrons. The average Bonchev–Trinajstić information content (AvgIpc) is 2.71. The molecule has 2 N–H and O–H groups in total. The van der Waals surface area contributed by atoms with Crippen LogP contribution in [-0.4, -0.2) is 5.91 Å². The van der Waals surface area contributed by atoms with Gasteiger partial charge in [0.1, 0.15) is 5.00 Å². The van der Waals surface area contributed by atoms with E-state index in [4.69, 9.17) is 11.6 Å². The molecule has 2 aromatic rings. The molecule has 0 atom stereocenters. The lowest BCUT2D eigenvalue weighted by molar-refractivity contribution is 0.102. The minimum atomic E-state index is -0.0885. The van der Waals surface area contributed by atoms with Gasteiger partial charge in [-0.15, -0.1) is 11.3 Å². The van der Waals surface area contributed by atoms with E-state index in [-0.39, 0.29) is 5.91 Å². The molecule has 1 aliphatic heterocycles. The molecule has 1 aliphatic rings. The van der Waals surface area contributed by atoms with Gasteiger partial charge in [0, 0.05) is 9.90 Å². The highest BCUT2D eigenvalue weighted by Crippen LogP contribution is 2.38. The number of nitrogens with one attached hydrogen (secondary N) is 2. The van der Waals surface area contributed by atoms with Crippen molar-refractivity contribution < 1.29 is 4.79 Å². The predicted molar refractivity (Wildman–Crippen MR) is 76.4 cm³/mol. The van der Waals surface area contributed by atoms with Crippen LogP contribution in [0.15, 0.2) is 24.3 Å². The number of anilines is 3. The number of carbonyl (C=O) groups excluding carboxylic acids is 1. The third-order valence-corrected chi connectivity index (χ3v) is 4.28. The smallest absolute Gasteiger partial charge is 0.258 e. The van der Waals surface area contributed by atoms with Crippen LogP contribution in [0.1, 0.15) is 22.2 Å². The van der Waals surface area contributed by atoms with Gasteiger partial charge < -0.3 is 10.6 Å². The summed E-state index contributed by atoms with van der Waals surface area (Å²) in [4.78, 5) is 13.3. The zero-order valence-electron chi connectivity index (χ0n) is 9.71. The molecule has 0 unspecified atom stereocenters. The molecule has 5 heteroatoms. The van der Waals surface area contributed by atoms with E-state index in [1.165, 1.54) is 4.88 Å². The lowest BCUT2D eigenvalue weighted by atomic mass is 10.2. The Morgan fingerprint density at radius 1 is 1.22 bits per heavy atom. The maximum Gasteiger partial charge on any atom is 0.258 e. The Balaban J connectivity index is 2.11. The van der Waals surface area contributed by atoms with E-state index in [9.17, 15) is 4.79 Å². The molecule has 0 saturated heterocycles. The molecule has 0 aliphatic carbocycles. The van der Waals surface area contributed by atoms with Gasteiger partial charge in [-0.1, -0.05) is 18.5 Å². The molecule has 2 heterocycles. The van der Waals surface area contributed by atoms with Crippen molar-refractivity contribution in [1.29, 1.82) is 0 Å². The van der Waals surface area contributed by atoms with E-state index >= 15 is 0 Å². The van der Waals surface area contributed by atoms with Gasteiger partial charge >= 0.3 is 0 Å². The first-order chi connectivity index (χ1) is 8.67. The van der Waals surface area contributed by atoms with Crippen LogP contribution in [0.3, 0.4) is 0 Å². The van der Waals surface area contributed by atoms with Crippen LogP contribution in [0.5, 0.6) is 0 Å². The molecule has 1 amide bonds. The maximum absolute atomic E-state index is 12.1. The van der Waals surface area contributed by atoms with Gasteiger partial charge in [0.05, 0.1) is 16.9 Å². The second kappa shape index (κ2) is 4.30. The van der Waals surface area contributed by atoms with Gasteiger partial charge in [-0.3, -0.25) is 4.79 Å². The van der Waals surface area contributed by atoms with Crippen LogP contribution >= 0.6 is 22.9 Å². The molecule has 0 fully saturated rings. The summed E-state index contributed by atoms with van der Waals surface area (Å²) < 4.78 is 0. The number of rotatable bonds is 1. The van der Waals surface area contributed by atoms with Gasteiger partial charge in [0.2, 0.25) is 0 Å². The molecule has 3 rings (SSSR count). The quantitative estimate of drug-likeness (QED) is 0.818. The van der Waals surface area contributed by atoms with Crippen molar-refractivity contribution in [3.63, 3.8) is 0 Å². The van der Waals surface area contributed by atoms with E-state index < -0.39 is 0 Å². The summed E-state index contributed by atoms with van der Waals surface area (Å²) in [5, 5.41) is 7.67. The van der Waals surface area contributed by atoms with E-state index in [0.717, 1.165) is 17.1 Å². The topological polar surface area (TPSA) is 41.1 Å². The molecule has 3 nitrogen and oxygen atoms in total. The Morgan fingerprint density at radius 2 is 2.06 bits per heavy atom. The molecular formula is C13H11ClN2OS. The maximum atomic E-state index is 12.1. The van der Waals surface area contributed by atoms with Crippen LogP contribution in [0.4, 0.5) is 16.4 Å². The van der Waals surface area contributed by atoms with E-state index in [2.05, 4.69) is 17.6 Å². The summed E-state index contributed by atoms with van der Waals surface area (Å²) in [6.07, 6.45) is 0.931. The van der Waals surface area contributed by atoms with Gasteiger partial charge in [-0.25, -0.2) is 0 Å². The Kier molecular flexibility index (Phi) is 2.76. The number of aryl methyl sites for hydroxylation is 1. The standard InChI is InChI=1S/C13H11ClN2OS/c1-2-8-6-9-12(17)15-11-5-7(14)3-4-10(11)16-13(9)18-8/h3-6,16H,2H2,1H3,(H,15,17). The number of benzene rings is 1. The number of halogens is 1. The van der Waals surface area contributed by atoms with Crippen LogP contribution in [-0.2, 0) is 6.42 Å². The van der Waals surface area contributed by atoms with E-state index in [1.54, 1.807) is 23.5 Å². The van der Waals surface area contributed by atoms with Gasteiger partial charge in [0.25, 0.3) is 5.91 Å². The normalized spacial score (nSPS) is 13.1. The molecular weight excluding hydrogens is 268 g/mol. The summed E-state index contributed by atoms with van der Waals surface area (Å²) >= 11 is 7.55. The highest BCUT2D eigenvalue weighted by atomic mass is 35.5. The predicted octanol–water partition coefficient (Wildman–Crippen LogP) is 4.27. The molecule has 1 aromatic heterocycles. The third-order valence-electron chi connectivity index (χ3n) is 2.85. The van der Waals surface area contributed by atoms with E-state index in [0.29, 0.717) is 16.3 Å². The average molecular weight is 279 g/mol. The van der Waals surface area contributed by atoms with Crippen molar-refractivity contribution in [3.8, 4) is 0 Å². The van der Waals surface area contributed by atoms with Crippen molar-refractivity contribution in [1.82, 2.24) is 0 Å². The Bertz CT molecular complexity index is 636. The summed E-state index contributed by atoms with van der Waals surface area (Å²) in [7, 11) is 0. The van der Waals surface area contributed by atoms with E-state index in [1.807, 2.05) is 12.1 Å². The Labute approximate surface area is 114 Å². The fourth-order valence-electron chi connectivity index (χ4n) is 1.92. The number of hydrogen-bond donors (Lipinski definition) is 2. The van der Waals surface area contributed by atoms with Crippen molar-refractivity contribution in [2.24, 2.45) is 0 Å². The molecule has 18 heavy (non-hydrogen) atoms. The fourth-order valence-corrected chi connectivity index (χ4v) is 3.10. The molecule has 0 bridgehead atoms. The zero-order valence-corrected chi connectivity index (χ0v) is 11.3. The second-order valence-corrected chi connectivity index (χ2v) is 5.65. The van der Waals surface area contributed by atoms with Crippen molar-refractivity contribution in [3.05, 3.63) is 39.7 Å². The van der Waals surface area contributed by atoms with Crippen molar-refractivity contribution >= 4 is 45.2 Å². The Morgan fingerprint density at radius 3 is 2.83 bits per heavy atom. The van der Waals surface area contributed by atoms with Gasteiger partial charge in [0.15, 0.2) is 0 Å². The first-order valence-electron chi connectivity index (χ1n) is 5.68. The van der Waals surface area contributed by atoms with Gasteiger partial charge in [-0.05, 0) is 30.7 Å². The molecule has 0 spiro atoms.